The zero-order valence-electron chi connectivity index (χ0n) is 17.5. The molecule has 2 aromatic rings. The van der Waals surface area contributed by atoms with Crippen LogP contribution >= 0.6 is 0 Å². The fraction of sp³-hybridized carbons (Fsp3) is 0.435. The van der Waals surface area contributed by atoms with Crippen molar-refractivity contribution in [3.63, 3.8) is 0 Å². The molecular formula is C23H30N3O3S+. The molecule has 0 atom stereocenters. The molecular weight excluding hydrogens is 398 g/mol. The summed E-state index contributed by atoms with van der Waals surface area (Å²) in [4.78, 5) is 16.6. The van der Waals surface area contributed by atoms with Gasteiger partial charge in [0, 0.05) is 24.2 Å². The predicted molar refractivity (Wildman–Crippen MR) is 116 cm³/mol. The monoisotopic (exact) mass is 428 g/mol. The molecule has 0 aromatic heterocycles. The van der Waals surface area contributed by atoms with E-state index in [4.69, 9.17) is 0 Å². The second-order valence-corrected chi connectivity index (χ2v) is 10.2. The van der Waals surface area contributed by atoms with Gasteiger partial charge in [0.2, 0.25) is 10.0 Å². The van der Waals surface area contributed by atoms with E-state index in [1.54, 1.807) is 24.3 Å². The average Bonchev–Trinajstić information content (AvgIpc) is 3.31. The third-order valence-electron chi connectivity index (χ3n) is 6.24. The molecule has 2 saturated heterocycles. The molecule has 0 saturated carbocycles. The van der Waals surface area contributed by atoms with Crippen LogP contribution in [0.3, 0.4) is 0 Å². The number of benzene rings is 2. The van der Waals surface area contributed by atoms with Gasteiger partial charge in [0.05, 0.1) is 31.1 Å². The van der Waals surface area contributed by atoms with Crippen LogP contribution in [0, 0.1) is 6.92 Å². The summed E-state index contributed by atoms with van der Waals surface area (Å²) >= 11 is 0. The molecule has 30 heavy (non-hydrogen) atoms. The lowest BCUT2D eigenvalue weighted by Gasteiger charge is -2.32. The second kappa shape index (κ2) is 8.88. The number of nitrogens with zero attached hydrogens (tertiary/aromatic N) is 2. The standard InChI is InChI=1S/C23H29N3O3S/c1-19-7-2-3-8-21(19)18-24-13-15-25(16-14-24)23(27)20-9-6-10-22(17-20)30(28,29)26-11-4-5-12-26/h2-3,6-10,17H,4-5,11-16,18H2,1H3/p+1. The Morgan fingerprint density at radius 2 is 1.67 bits per heavy atom. The third kappa shape index (κ3) is 4.43. The van der Waals surface area contributed by atoms with Gasteiger partial charge in [-0.05, 0) is 43.5 Å². The Hall–Kier alpha value is -2.22. The number of hydrogen-bond acceptors (Lipinski definition) is 3. The van der Waals surface area contributed by atoms with Crippen molar-refractivity contribution in [1.82, 2.24) is 9.21 Å². The number of piperazine rings is 1. The number of quaternary nitrogens is 1. The lowest BCUT2D eigenvalue weighted by Crippen LogP contribution is -3.13. The molecule has 0 spiro atoms. The van der Waals surface area contributed by atoms with E-state index in [-0.39, 0.29) is 10.8 Å². The molecule has 1 amide bonds. The Morgan fingerprint density at radius 3 is 2.37 bits per heavy atom. The van der Waals surface area contributed by atoms with E-state index in [1.807, 2.05) is 4.90 Å². The summed E-state index contributed by atoms with van der Waals surface area (Å²) in [7, 11) is -3.51. The van der Waals surface area contributed by atoms with E-state index in [9.17, 15) is 13.2 Å². The van der Waals surface area contributed by atoms with Crippen LogP contribution in [0.4, 0.5) is 0 Å². The molecule has 2 fully saturated rings. The number of hydrogen-bond donors (Lipinski definition) is 1. The highest BCUT2D eigenvalue weighted by Crippen LogP contribution is 2.22. The first kappa shape index (κ1) is 21.0. The van der Waals surface area contributed by atoms with Crippen LogP contribution in [0.5, 0.6) is 0 Å². The lowest BCUT2D eigenvalue weighted by atomic mass is 10.1. The minimum Gasteiger partial charge on any atom is -0.328 e. The van der Waals surface area contributed by atoms with Gasteiger partial charge in [0.15, 0.2) is 0 Å². The Morgan fingerprint density at radius 1 is 0.967 bits per heavy atom. The van der Waals surface area contributed by atoms with Gasteiger partial charge in [-0.1, -0.05) is 30.3 Å². The highest BCUT2D eigenvalue weighted by atomic mass is 32.2. The molecule has 2 aromatic carbocycles. The van der Waals surface area contributed by atoms with Gasteiger partial charge in [-0.3, -0.25) is 4.79 Å². The first-order chi connectivity index (χ1) is 14.4. The van der Waals surface area contributed by atoms with Crippen LogP contribution in [0.2, 0.25) is 0 Å². The van der Waals surface area contributed by atoms with Crippen LogP contribution in [0.25, 0.3) is 0 Å². The van der Waals surface area contributed by atoms with E-state index in [0.717, 1.165) is 32.5 Å². The highest BCUT2D eigenvalue weighted by Gasteiger charge is 2.29. The van der Waals surface area contributed by atoms with Gasteiger partial charge in [-0.15, -0.1) is 0 Å². The van der Waals surface area contributed by atoms with Crippen molar-refractivity contribution in [2.75, 3.05) is 39.3 Å². The van der Waals surface area contributed by atoms with Gasteiger partial charge < -0.3 is 9.80 Å². The fourth-order valence-electron chi connectivity index (χ4n) is 4.33. The van der Waals surface area contributed by atoms with Crippen molar-refractivity contribution in [2.24, 2.45) is 0 Å². The molecule has 6 nitrogen and oxygen atoms in total. The van der Waals surface area contributed by atoms with E-state index in [2.05, 4.69) is 31.2 Å². The highest BCUT2D eigenvalue weighted by molar-refractivity contribution is 7.89. The van der Waals surface area contributed by atoms with Crippen LogP contribution in [-0.2, 0) is 16.6 Å². The van der Waals surface area contributed by atoms with Gasteiger partial charge >= 0.3 is 0 Å². The minimum absolute atomic E-state index is 0.0802. The third-order valence-corrected chi connectivity index (χ3v) is 8.14. The van der Waals surface area contributed by atoms with E-state index in [1.165, 1.54) is 20.3 Å². The SMILES string of the molecule is Cc1ccccc1C[NH+]1CCN(C(=O)c2cccc(S(=O)(=O)N3CCCC3)c2)CC1. The maximum atomic E-state index is 13.0. The van der Waals surface area contributed by atoms with Crippen molar-refractivity contribution < 1.29 is 18.1 Å². The number of carbonyl (C=O) groups is 1. The summed E-state index contributed by atoms with van der Waals surface area (Å²) in [5, 5.41) is 0. The zero-order valence-corrected chi connectivity index (χ0v) is 18.3. The molecule has 2 heterocycles. The molecule has 2 aliphatic heterocycles. The number of aryl methyl sites for hydroxylation is 1. The summed E-state index contributed by atoms with van der Waals surface area (Å²) in [6.45, 7) is 7.39. The maximum absolute atomic E-state index is 13.0. The predicted octanol–water partition coefficient (Wildman–Crippen LogP) is 1.32. The largest absolute Gasteiger partial charge is 0.328 e. The first-order valence-corrected chi connectivity index (χ1v) is 12.2. The van der Waals surface area contributed by atoms with Gasteiger partial charge in [0.25, 0.3) is 5.91 Å². The van der Waals surface area contributed by atoms with Gasteiger partial charge in [-0.25, -0.2) is 8.42 Å². The van der Waals surface area contributed by atoms with E-state index < -0.39 is 10.0 Å². The fourth-order valence-corrected chi connectivity index (χ4v) is 5.89. The molecule has 0 bridgehead atoms. The molecule has 160 valence electrons. The van der Waals surface area contributed by atoms with E-state index >= 15 is 0 Å². The smallest absolute Gasteiger partial charge is 0.254 e. The molecule has 4 rings (SSSR count). The van der Waals surface area contributed by atoms with Crippen molar-refractivity contribution >= 4 is 15.9 Å². The van der Waals surface area contributed by atoms with Crippen LogP contribution in [0.15, 0.2) is 53.4 Å². The summed E-state index contributed by atoms with van der Waals surface area (Å²) in [6, 6.07) is 15.0. The summed E-state index contributed by atoms with van der Waals surface area (Å²) < 4.78 is 27.2. The number of amides is 1. The number of sulfonamides is 1. The molecule has 2 aliphatic rings. The summed E-state index contributed by atoms with van der Waals surface area (Å²) in [5.41, 5.74) is 3.12. The van der Waals surface area contributed by atoms with Crippen molar-refractivity contribution in [3.05, 3.63) is 65.2 Å². The van der Waals surface area contributed by atoms with E-state index in [0.29, 0.717) is 31.7 Å². The average molecular weight is 429 g/mol. The topological polar surface area (TPSA) is 62.1 Å². The lowest BCUT2D eigenvalue weighted by molar-refractivity contribution is -0.917. The normalized spacial score (nSPS) is 18.6. The van der Waals surface area contributed by atoms with Crippen LogP contribution in [0.1, 0.15) is 34.3 Å². The van der Waals surface area contributed by atoms with Gasteiger partial charge in [0.1, 0.15) is 6.54 Å². The minimum atomic E-state index is -3.51. The van der Waals surface area contributed by atoms with Crippen molar-refractivity contribution in [3.8, 4) is 0 Å². The Bertz CT molecular complexity index is 1010. The van der Waals surface area contributed by atoms with Crippen LogP contribution in [-0.4, -0.2) is 62.8 Å². The number of nitrogens with one attached hydrogen (secondary N) is 1. The Kier molecular flexibility index (Phi) is 6.22. The first-order valence-electron chi connectivity index (χ1n) is 10.7. The quantitative estimate of drug-likeness (QED) is 0.781. The Balaban J connectivity index is 1.40. The second-order valence-electron chi connectivity index (χ2n) is 8.28. The number of rotatable bonds is 5. The molecule has 0 radical (unpaired) electrons. The molecule has 0 unspecified atom stereocenters. The zero-order chi connectivity index (χ0) is 21.1. The molecule has 7 heteroatoms. The summed E-state index contributed by atoms with van der Waals surface area (Å²) in [6.07, 6.45) is 1.79. The molecule has 0 aliphatic carbocycles. The summed E-state index contributed by atoms with van der Waals surface area (Å²) in [5.74, 6) is -0.0802. The Labute approximate surface area is 179 Å². The molecule has 1 N–H and O–H groups in total. The van der Waals surface area contributed by atoms with Crippen LogP contribution < -0.4 is 4.90 Å². The van der Waals surface area contributed by atoms with Crippen molar-refractivity contribution in [2.45, 2.75) is 31.2 Å². The maximum Gasteiger partial charge on any atom is 0.254 e. The number of carbonyl (C=O) groups excluding carboxylic acids is 1. The van der Waals surface area contributed by atoms with Crippen molar-refractivity contribution in [1.29, 1.82) is 0 Å². The van der Waals surface area contributed by atoms with Gasteiger partial charge in [-0.2, -0.15) is 4.31 Å².